The number of rotatable bonds is 7. The molecule has 0 radical (unpaired) electrons. The van der Waals surface area contributed by atoms with E-state index in [1.807, 2.05) is 19.1 Å². The molecule has 0 saturated heterocycles. The van der Waals surface area contributed by atoms with Crippen LogP contribution in [0, 0.1) is 0 Å². The van der Waals surface area contributed by atoms with Gasteiger partial charge in [0.2, 0.25) is 5.91 Å². The maximum absolute atomic E-state index is 12.4. The van der Waals surface area contributed by atoms with Gasteiger partial charge in [-0.1, -0.05) is 19.1 Å². The van der Waals surface area contributed by atoms with E-state index < -0.39 is 18.0 Å². The molecule has 0 spiro atoms. The van der Waals surface area contributed by atoms with Gasteiger partial charge < -0.3 is 15.4 Å². The molecule has 1 atom stereocenters. The number of thioether (sulfide) groups is 1. The third kappa shape index (κ3) is 6.14. The third-order valence-electron chi connectivity index (χ3n) is 3.53. The highest BCUT2D eigenvalue weighted by Gasteiger charge is 2.20. The van der Waals surface area contributed by atoms with Crippen molar-refractivity contribution in [1.82, 2.24) is 0 Å². The summed E-state index contributed by atoms with van der Waals surface area (Å²) in [5, 5.41) is 5.33. The second kappa shape index (κ2) is 9.78. The average molecular weight is 386 g/mol. The summed E-state index contributed by atoms with van der Waals surface area (Å²) in [5.41, 5.74) is 1.62. The number of hydrogen-bond acceptors (Lipinski definition) is 5. The van der Waals surface area contributed by atoms with E-state index in [1.165, 1.54) is 13.8 Å². The molecule has 0 fully saturated rings. The first kappa shape index (κ1) is 20.5. The lowest BCUT2D eigenvalue weighted by Gasteiger charge is -2.15. The van der Waals surface area contributed by atoms with E-state index in [0.717, 1.165) is 10.6 Å². The number of amides is 2. The van der Waals surface area contributed by atoms with E-state index in [-0.39, 0.29) is 5.91 Å². The van der Waals surface area contributed by atoms with Crippen LogP contribution in [0.5, 0.6) is 0 Å². The number of esters is 1. The molecule has 0 unspecified atom stereocenters. The summed E-state index contributed by atoms with van der Waals surface area (Å²) in [6.45, 7) is 4.94. The Balaban J connectivity index is 1.97. The molecule has 0 aliphatic heterocycles. The molecule has 2 N–H and O–H groups in total. The topological polar surface area (TPSA) is 84.5 Å². The Kier molecular flexibility index (Phi) is 7.43. The Morgan fingerprint density at radius 3 is 2.19 bits per heavy atom. The van der Waals surface area contributed by atoms with Crippen molar-refractivity contribution in [2.75, 3.05) is 16.4 Å². The Hall–Kier alpha value is -2.80. The van der Waals surface area contributed by atoms with Crippen molar-refractivity contribution in [3.05, 3.63) is 54.1 Å². The smallest absolute Gasteiger partial charge is 0.340 e. The predicted octanol–water partition coefficient (Wildman–Crippen LogP) is 3.94. The van der Waals surface area contributed by atoms with Crippen molar-refractivity contribution in [2.45, 2.75) is 31.8 Å². The highest BCUT2D eigenvalue weighted by atomic mass is 32.2. The molecule has 2 aromatic carbocycles. The molecule has 142 valence electrons. The fourth-order valence-electron chi connectivity index (χ4n) is 2.28. The number of hydrogen-bond donors (Lipinski definition) is 2. The number of ether oxygens (including phenoxy) is 1. The minimum atomic E-state index is -0.952. The SMILES string of the molecule is CCSc1ccccc1C(=O)O[C@H](C)C(=O)Nc1ccc(NC(C)=O)cc1. The quantitative estimate of drug-likeness (QED) is 0.556. The molecule has 0 saturated carbocycles. The summed E-state index contributed by atoms with van der Waals surface area (Å²) in [6, 6.07) is 13.8. The molecule has 2 amide bonds. The summed E-state index contributed by atoms with van der Waals surface area (Å²) in [5.74, 6) is -0.310. The van der Waals surface area contributed by atoms with E-state index in [0.29, 0.717) is 16.9 Å². The normalized spacial score (nSPS) is 11.4. The van der Waals surface area contributed by atoms with E-state index in [2.05, 4.69) is 10.6 Å². The van der Waals surface area contributed by atoms with Crippen LogP contribution in [0.15, 0.2) is 53.4 Å². The van der Waals surface area contributed by atoms with Crippen molar-refractivity contribution in [1.29, 1.82) is 0 Å². The summed E-state index contributed by atoms with van der Waals surface area (Å²) in [4.78, 5) is 36.5. The highest BCUT2D eigenvalue weighted by molar-refractivity contribution is 7.99. The van der Waals surface area contributed by atoms with Crippen LogP contribution < -0.4 is 10.6 Å². The zero-order valence-corrected chi connectivity index (χ0v) is 16.3. The zero-order chi connectivity index (χ0) is 19.8. The zero-order valence-electron chi connectivity index (χ0n) is 15.4. The lowest BCUT2D eigenvalue weighted by molar-refractivity contribution is -0.123. The fourth-order valence-corrected chi connectivity index (χ4v) is 3.07. The van der Waals surface area contributed by atoms with Crippen molar-refractivity contribution < 1.29 is 19.1 Å². The lowest BCUT2D eigenvalue weighted by Crippen LogP contribution is -2.30. The van der Waals surface area contributed by atoms with E-state index in [9.17, 15) is 14.4 Å². The van der Waals surface area contributed by atoms with Crippen LogP contribution in [0.25, 0.3) is 0 Å². The van der Waals surface area contributed by atoms with E-state index >= 15 is 0 Å². The van der Waals surface area contributed by atoms with Gasteiger partial charge in [-0.3, -0.25) is 9.59 Å². The fraction of sp³-hybridized carbons (Fsp3) is 0.250. The van der Waals surface area contributed by atoms with Gasteiger partial charge in [-0.05, 0) is 49.1 Å². The van der Waals surface area contributed by atoms with Crippen LogP contribution in [0.2, 0.25) is 0 Å². The van der Waals surface area contributed by atoms with Crippen LogP contribution >= 0.6 is 11.8 Å². The minimum Gasteiger partial charge on any atom is -0.449 e. The van der Waals surface area contributed by atoms with Gasteiger partial charge in [-0.25, -0.2) is 4.79 Å². The molecule has 2 rings (SSSR count). The van der Waals surface area contributed by atoms with Crippen molar-refractivity contribution >= 4 is 40.9 Å². The number of benzene rings is 2. The molecule has 27 heavy (non-hydrogen) atoms. The number of nitrogens with one attached hydrogen (secondary N) is 2. The second-order valence-corrected chi connectivity index (χ2v) is 7.03. The number of carbonyl (C=O) groups excluding carboxylic acids is 3. The Bertz CT molecular complexity index is 821. The third-order valence-corrected chi connectivity index (χ3v) is 4.49. The number of carbonyl (C=O) groups is 3. The van der Waals surface area contributed by atoms with Crippen LogP contribution in [0.4, 0.5) is 11.4 Å². The number of anilines is 2. The lowest BCUT2D eigenvalue weighted by atomic mass is 10.2. The molecule has 0 aliphatic rings. The molecule has 0 heterocycles. The van der Waals surface area contributed by atoms with Gasteiger partial charge in [0.15, 0.2) is 6.10 Å². The van der Waals surface area contributed by atoms with Gasteiger partial charge in [0.05, 0.1) is 5.56 Å². The molecule has 0 bridgehead atoms. The molecule has 0 aromatic heterocycles. The Morgan fingerprint density at radius 2 is 1.59 bits per heavy atom. The first-order chi connectivity index (χ1) is 12.9. The van der Waals surface area contributed by atoms with Crippen molar-refractivity contribution in [3.63, 3.8) is 0 Å². The maximum Gasteiger partial charge on any atom is 0.340 e. The molecule has 0 aliphatic carbocycles. The molecule has 7 heteroatoms. The van der Waals surface area contributed by atoms with E-state index in [1.54, 1.807) is 48.2 Å². The monoisotopic (exact) mass is 386 g/mol. The first-order valence-corrected chi connectivity index (χ1v) is 9.50. The first-order valence-electron chi connectivity index (χ1n) is 8.52. The summed E-state index contributed by atoms with van der Waals surface area (Å²) >= 11 is 1.54. The molecular formula is C20H22N2O4S. The van der Waals surface area contributed by atoms with Crippen LogP contribution in [-0.4, -0.2) is 29.6 Å². The summed E-state index contributed by atoms with van der Waals surface area (Å²) < 4.78 is 5.31. The largest absolute Gasteiger partial charge is 0.449 e. The van der Waals surface area contributed by atoms with Gasteiger partial charge in [-0.2, -0.15) is 0 Å². The summed E-state index contributed by atoms with van der Waals surface area (Å²) in [7, 11) is 0. The average Bonchev–Trinajstić information content (AvgIpc) is 2.63. The Labute approximate surface area is 162 Å². The molecule has 6 nitrogen and oxygen atoms in total. The highest BCUT2D eigenvalue weighted by Crippen LogP contribution is 2.23. The van der Waals surface area contributed by atoms with Crippen molar-refractivity contribution in [2.24, 2.45) is 0 Å². The molecule has 2 aromatic rings. The van der Waals surface area contributed by atoms with Crippen LogP contribution in [0.1, 0.15) is 31.1 Å². The van der Waals surface area contributed by atoms with E-state index in [4.69, 9.17) is 4.74 Å². The maximum atomic E-state index is 12.4. The molecular weight excluding hydrogens is 364 g/mol. The second-order valence-electron chi connectivity index (χ2n) is 5.72. The minimum absolute atomic E-state index is 0.172. The van der Waals surface area contributed by atoms with Gasteiger partial charge in [0.25, 0.3) is 5.91 Å². The van der Waals surface area contributed by atoms with Gasteiger partial charge >= 0.3 is 5.97 Å². The summed E-state index contributed by atoms with van der Waals surface area (Å²) in [6.07, 6.45) is -0.952. The van der Waals surface area contributed by atoms with Gasteiger partial charge in [0.1, 0.15) is 0 Å². The van der Waals surface area contributed by atoms with Gasteiger partial charge in [0, 0.05) is 23.2 Å². The predicted molar refractivity (Wildman–Crippen MR) is 107 cm³/mol. The standard InChI is InChI=1S/C20H22N2O4S/c1-4-27-18-8-6-5-7-17(18)20(25)26-13(2)19(24)22-16-11-9-15(10-12-16)21-14(3)23/h5-13H,4H2,1-3H3,(H,21,23)(H,22,24)/t13-/m1/s1. The Morgan fingerprint density at radius 1 is 1.00 bits per heavy atom. The van der Waals surface area contributed by atoms with Crippen LogP contribution in [0.3, 0.4) is 0 Å². The van der Waals surface area contributed by atoms with Crippen LogP contribution in [-0.2, 0) is 14.3 Å². The van der Waals surface area contributed by atoms with Gasteiger partial charge in [-0.15, -0.1) is 11.8 Å². The van der Waals surface area contributed by atoms with Crippen molar-refractivity contribution in [3.8, 4) is 0 Å².